The maximum atomic E-state index is 12.1. The average Bonchev–Trinajstić information content (AvgIpc) is 2.83. The molecule has 0 spiro atoms. The molecule has 0 bridgehead atoms. The number of nitrogens with zero attached hydrogens (tertiary/aromatic N) is 3. The summed E-state index contributed by atoms with van der Waals surface area (Å²) in [7, 11) is 1.70. The number of aromatic nitrogens is 3. The van der Waals surface area contributed by atoms with Crippen LogP contribution < -0.4 is 10.6 Å². The van der Waals surface area contributed by atoms with E-state index in [0.717, 1.165) is 11.3 Å². The molecule has 7 nitrogen and oxygen atoms in total. The van der Waals surface area contributed by atoms with Gasteiger partial charge < -0.3 is 5.32 Å². The standard InChI is InChI=1S/C13H13N5O2/c1-18-13(14-7-15-18)17-12(20)9-2-4-10-8(6-9)3-5-11(19)16-10/h2,4,6-7H,3,5H2,1H3,(H,16,19)(H,14,15,17,20). The van der Waals surface area contributed by atoms with Crippen LogP contribution in [0.4, 0.5) is 11.6 Å². The first-order valence-electron chi connectivity index (χ1n) is 6.21. The number of nitrogens with one attached hydrogen (secondary N) is 2. The van der Waals surface area contributed by atoms with Crippen LogP contribution in [-0.4, -0.2) is 26.6 Å². The minimum absolute atomic E-state index is 0.00814. The Kier molecular flexibility index (Phi) is 2.94. The zero-order chi connectivity index (χ0) is 14.1. The molecule has 2 heterocycles. The number of anilines is 2. The molecule has 0 unspecified atom stereocenters. The van der Waals surface area contributed by atoms with Crippen molar-refractivity contribution in [1.82, 2.24) is 14.8 Å². The monoisotopic (exact) mass is 271 g/mol. The van der Waals surface area contributed by atoms with Crippen molar-refractivity contribution in [2.45, 2.75) is 12.8 Å². The van der Waals surface area contributed by atoms with Crippen LogP contribution in [0.1, 0.15) is 22.3 Å². The molecule has 2 N–H and O–H groups in total. The minimum Gasteiger partial charge on any atom is -0.326 e. The van der Waals surface area contributed by atoms with E-state index in [1.807, 2.05) is 0 Å². The van der Waals surface area contributed by atoms with E-state index in [1.54, 1.807) is 25.2 Å². The van der Waals surface area contributed by atoms with E-state index < -0.39 is 0 Å². The van der Waals surface area contributed by atoms with Gasteiger partial charge in [0.15, 0.2) is 0 Å². The van der Waals surface area contributed by atoms with Gasteiger partial charge in [-0.25, -0.2) is 4.68 Å². The number of fused-ring (bicyclic) bond motifs is 1. The van der Waals surface area contributed by atoms with Gasteiger partial charge in [0.05, 0.1) is 0 Å². The summed E-state index contributed by atoms with van der Waals surface area (Å²) in [4.78, 5) is 27.4. The summed E-state index contributed by atoms with van der Waals surface area (Å²) in [5, 5.41) is 9.35. The van der Waals surface area contributed by atoms with E-state index in [1.165, 1.54) is 11.0 Å². The normalized spacial score (nSPS) is 13.6. The third-order valence-corrected chi connectivity index (χ3v) is 3.20. The summed E-state index contributed by atoms with van der Waals surface area (Å²) >= 11 is 0. The predicted octanol–water partition coefficient (Wildman–Crippen LogP) is 0.952. The summed E-state index contributed by atoms with van der Waals surface area (Å²) in [6, 6.07) is 5.22. The first-order chi connectivity index (χ1) is 9.63. The van der Waals surface area contributed by atoms with Crippen molar-refractivity contribution in [3.8, 4) is 0 Å². The van der Waals surface area contributed by atoms with Gasteiger partial charge in [-0.1, -0.05) is 0 Å². The molecule has 1 aliphatic heterocycles. The Bertz CT molecular complexity index is 692. The third kappa shape index (κ3) is 2.25. The Labute approximate surface area is 115 Å². The average molecular weight is 271 g/mol. The molecular formula is C13H13N5O2. The van der Waals surface area contributed by atoms with Crippen LogP contribution in [0, 0.1) is 0 Å². The molecule has 0 atom stereocenters. The van der Waals surface area contributed by atoms with E-state index in [9.17, 15) is 9.59 Å². The van der Waals surface area contributed by atoms with Crippen LogP contribution >= 0.6 is 0 Å². The fourth-order valence-corrected chi connectivity index (χ4v) is 2.11. The molecule has 0 radical (unpaired) electrons. The van der Waals surface area contributed by atoms with Crippen LogP contribution in [0.25, 0.3) is 0 Å². The molecule has 1 aromatic heterocycles. The Balaban J connectivity index is 1.82. The summed E-state index contributed by atoms with van der Waals surface area (Å²) in [6.07, 6.45) is 2.46. The van der Waals surface area contributed by atoms with Crippen LogP contribution in [0.2, 0.25) is 0 Å². The Morgan fingerprint density at radius 3 is 3.00 bits per heavy atom. The Morgan fingerprint density at radius 1 is 1.40 bits per heavy atom. The van der Waals surface area contributed by atoms with Gasteiger partial charge in [0.25, 0.3) is 5.91 Å². The molecule has 7 heteroatoms. The predicted molar refractivity (Wildman–Crippen MR) is 72.3 cm³/mol. The van der Waals surface area contributed by atoms with Crippen molar-refractivity contribution >= 4 is 23.5 Å². The lowest BCUT2D eigenvalue weighted by Crippen LogP contribution is -2.20. The lowest BCUT2D eigenvalue weighted by molar-refractivity contribution is -0.116. The molecule has 102 valence electrons. The zero-order valence-electron chi connectivity index (χ0n) is 10.9. The van der Waals surface area contributed by atoms with Crippen molar-refractivity contribution in [3.63, 3.8) is 0 Å². The number of aryl methyl sites for hydroxylation is 2. The molecule has 2 amide bonds. The lowest BCUT2D eigenvalue weighted by atomic mass is 10.0. The second kappa shape index (κ2) is 4.76. The van der Waals surface area contributed by atoms with Crippen molar-refractivity contribution in [1.29, 1.82) is 0 Å². The summed E-state index contributed by atoms with van der Waals surface area (Å²) in [5.74, 6) is 0.149. The molecule has 2 aromatic rings. The molecule has 0 aliphatic carbocycles. The molecule has 0 saturated heterocycles. The highest BCUT2D eigenvalue weighted by molar-refractivity contribution is 6.04. The molecule has 3 rings (SSSR count). The highest BCUT2D eigenvalue weighted by atomic mass is 16.2. The minimum atomic E-state index is -0.249. The van der Waals surface area contributed by atoms with E-state index in [4.69, 9.17) is 0 Å². The number of carbonyl (C=O) groups is 2. The number of rotatable bonds is 2. The molecule has 20 heavy (non-hydrogen) atoms. The number of benzene rings is 1. The summed E-state index contributed by atoms with van der Waals surface area (Å²) in [5.41, 5.74) is 2.27. The SMILES string of the molecule is Cn1ncnc1NC(=O)c1ccc2c(c1)CCC(=O)N2. The van der Waals surface area contributed by atoms with Gasteiger partial charge in [0.2, 0.25) is 11.9 Å². The van der Waals surface area contributed by atoms with Crippen molar-refractivity contribution in [3.05, 3.63) is 35.7 Å². The highest BCUT2D eigenvalue weighted by Gasteiger charge is 2.17. The zero-order valence-corrected chi connectivity index (χ0v) is 10.9. The maximum Gasteiger partial charge on any atom is 0.258 e. The van der Waals surface area contributed by atoms with Gasteiger partial charge in [-0.15, -0.1) is 0 Å². The molecule has 0 fully saturated rings. The van der Waals surface area contributed by atoms with Crippen molar-refractivity contribution in [2.75, 3.05) is 10.6 Å². The second-order valence-electron chi connectivity index (χ2n) is 4.58. The smallest absolute Gasteiger partial charge is 0.258 e. The Hall–Kier alpha value is -2.70. The number of amides is 2. The number of hydrogen-bond donors (Lipinski definition) is 2. The van der Waals surface area contributed by atoms with E-state index in [0.29, 0.717) is 24.4 Å². The maximum absolute atomic E-state index is 12.1. The molecular weight excluding hydrogens is 258 g/mol. The van der Waals surface area contributed by atoms with Gasteiger partial charge in [-0.2, -0.15) is 10.1 Å². The van der Waals surface area contributed by atoms with Gasteiger partial charge in [0.1, 0.15) is 6.33 Å². The van der Waals surface area contributed by atoms with Crippen LogP contribution in [0.15, 0.2) is 24.5 Å². The molecule has 1 aliphatic rings. The van der Waals surface area contributed by atoms with Gasteiger partial charge in [-0.05, 0) is 30.2 Å². The number of hydrogen-bond acceptors (Lipinski definition) is 4. The third-order valence-electron chi connectivity index (χ3n) is 3.20. The number of carbonyl (C=O) groups excluding carboxylic acids is 2. The van der Waals surface area contributed by atoms with Gasteiger partial charge in [-0.3, -0.25) is 14.9 Å². The first-order valence-corrected chi connectivity index (χ1v) is 6.21. The summed E-state index contributed by atoms with van der Waals surface area (Å²) < 4.78 is 1.48. The van der Waals surface area contributed by atoms with Crippen molar-refractivity contribution < 1.29 is 9.59 Å². The van der Waals surface area contributed by atoms with Crippen molar-refractivity contribution in [2.24, 2.45) is 7.05 Å². The second-order valence-corrected chi connectivity index (χ2v) is 4.58. The fourth-order valence-electron chi connectivity index (χ4n) is 2.11. The highest BCUT2D eigenvalue weighted by Crippen LogP contribution is 2.23. The van der Waals surface area contributed by atoms with E-state index in [-0.39, 0.29) is 11.8 Å². The van der Waals surface area contributed by atoms with E-state index >= 15 is 0 Å². The molecule has 1 aromatic carbocycles. The van der Waals surface area contributed by atoms with Crippen LogP contribution in [0.3, 0.4) is 0 Å². The quantitative estimate of drug-likeness (QED) is 0.851. The largest absolute Gasteiger partial charge is 0.326 e. The van der Waals surface area contributed by atoms with Gasteiger partial charge >= 0.3 is 0 Å². The molecule has 0 saturated carbocycles. The first kappa shape index (κ1) is 12.3. The van der Waals surface area contributed by atoms with Gasteiger partial charge in [0, 0.05) is 24.7 Å². The fraction of sp³-hybridized carbons (Fsp3) is 0.231. The summed E-state index contributed by atoms with van der Waals surface area (Å²) in [6.45, 7) is 0. The Morgan fingerprint density at radius 2 is 2.25 bits per heavy atom. The van der Waals surface area contributed by atoms with E-state index in [2.05, 4.69) is 20.7 Å². The van der Waals surface area contributed by atoms with Crippen LogP contribution in [-0.2, 0) is 18.3 Å². The lowest BCUT2D eigenvalue weighted by Gasteiger charge is -2.17. The topological polar surface area (TPSA) is 88.9 Å². The van der Waals surface area contributed by atoms with Crippen LogP contribution in [0.5, 0.6) is 0 Å².